The van der Waals surface area contributed by atoms with Crippen LogP contribution >= 0.6 is 0 Å². The van der Waals surface area contributed by atoms with E-state index in [1.165, 1.54) is 6.42 Å². The molecular formula is C27H45Na3O12S3. The van der Waals surface area contributed by atoms with Crippen molar-refractivity contribution in [2.24, 2.45) is 52.3 Å². The van der Waals surface area contributed by atoms with Gasteiger partial charge in [0.25, 0.3) is 0 Å². The minimum atomic E-state index is -5.34. The van der Waals surface area contributed by atoms with Gasteiger partial charge in [-0.1, -0.05) is 53.9 Å². The number of hydrogen-bond acceptors (Lipinski definition) is 12. The van der Waals surface area contributed by atoms with Crippen molar-refractivity contribution in [2.45, 2.75) is 117 Å². The number of fused-ring (bicyclic) bond motifs is 5. The molecule has 4 saturated carbocycles. The molecule has 0 bridgehead atoms. The van der Waals surface area contributed by atoms with Gasteiger partial charge in [0.05, 0.1) is 6.10 Å². The Labute approximate surface area is 336 Å². The Morgan fingerprint density at radius 1 is 0.667 bits per heavy atom. The zero-order valence-corrected chi connectivity index (χ0v) is 36.4. The zero-order chi connectivity index (χ0) is 31.5. The molecule has 0 amide bonds. The van der Waals surface area contributed by atoms with E-state index in [4.69, 9.17) is 8.37 Å². The molecule has 0 heterocycles. The summed E-state index contributed by atoms with van der Waals surface area (Å²) in [4.78, 5) is 0. The molecule has 4 rings (SSSR count). The molecule has 4 aliphatic carbocycles. The van der Waals surface area contributed by atoms with Crippen LogP contribution < -0.4 is 88.7 Å². The van der Waals surface area contributed by atoms with Crippen LogP contribution in [0.15, 0.2) is 0 Å². The quantitative estimate of drug-likeness (QED) is 0.112. The topological polar surface area (TPSA) is 199 Å². The molecule has 3 unspecified atom stereocenters. The van der Waals surface area contributed by atoms with Crippen molar-refractivity contribution in [3.05, 3.63) is 0 Å². The van der Waals surface area contributed by atoms with Crippen LogP contribution in [0, 0.1) is 52.3 Å². The molecule has 246 valence electrons. The third kappa shape index (κ3) is 11.1. The molecule has 0 aromatic rings. The van der Waals surface area contributed by atoms with E-state index in [1.807, 2.05) is 6.92 Å². The summed E-state index contributed by atoms with van der Waals surface area (Å²) in [6.45, 7) is 10.9. The van der Waals surface area contributed by atoms with E-state index in [2.05, 4.69) is 31.9 Å². The summed E-state index contributed by atoms with van der Waals surface area (Å²) in [6, 6.07) is 0. The van der Waals surface area contributed by atoms with Crippen LogP contribution in [0.2, 0.25) is 0 Å². The van der Waals surface area contributed by atoms with Crippen LogP contribution in [0.3, 0.4) is 0 Å². The second kappa shape index (κ2) is 17.0. The zero-order valence-electron chi connectivity index (χ0n) is 28.0. The summed E-state index contributed by atoms with van der Waals surface area (Å²) in [7, 11) is -15.8. The van der Waals surface area contributed by atoms with Crippen LogP contribution in [0.25, 0.3) is 0 Å². The summed E-state index contributed by atoms with van der Waals surface area (Å²) in [5.74, 6) is 0.980. The van der Waals surface area contributed by atoms with E-state index in [0.717, 1.165) is 38.5 Å². The minimum Gasteiger partial charge on any atom is -0.726 e. The van der Waals surface area contributed by atoms with E-state index in [1.54, 1.807) is 0 Å². The first kappa shape index (κ1) is 45.6. The van der Waals surface area contributed by atoms with E-state index in [0.29, 0.717) is 17.8 Å². The van der Waals surface area contributed by atoms with Crippen LogP contribution in [0.4, 0.5) is 0 Å². The van der Waals surface area contributed by atoms with Gasteiger partial charge in [-0.3, -0.25) is 12.5 Å². The summed E-state index contributed by atoms with van der Waals surface area (Å²) in [5, 5.41) is 0. The van der Waals surface area contributed by atoms with E-state index >= 15 is 0 Å². The van der Waals surface area contributed by atoms with E-state index in [9.17, 15) is 38.9 Å². The Bertz CT molecular complexity index is 1310. The van der Waals surface area contributed by atoms with E-state index in [-0.39, 0.29) is 131 Å². The SMILES string of the molecule is CC(C)CCC[C@@H](C)[C@H]1CCC2C3C[C@H](OS(=O)(=O)[O-])[C@H]4C[C@H](OS(=O)(=O)[O-])[C@@H](OS(=O)(=O)[O-])C[C@]4(C)C3CC[C@@]21C.[Na+].[Na+].[Na+]. The number of rotatable bonds is 11. The molecule has 0 aromatic carbocycles. The normalized spacial score (nSPS) is 38.9. The van der Waals surface area contributed by atoms with Gasteiger partial charge in [-0.05, 0) is 97.2 Å². The average Bonchev–Trinajstić information content (AvgIpc) is 3.14. The molecule has 12 nitrogen and oxygen atoms in total. The minimum absolute atomic E-state index is 0. The predicted octanol–water partition coefficient (Wildman–Crippen LogP) is -5.12. The van der Waals surface area contributed by atoms with Crippen LogP contribution in [0.1, 0.15) is 98.8 Å². The maximum absolute atomic E-state index is 11.9. The van der Waals surface area contributed by atoms with Crippen molar-refractivity contribution < 1.29 is 140 Å². The molecular weight excluding hydrogens is 681 g/mol. The van der Waals surface area contributed by atoms with Gasteiger partial charge in [0, 0.05) is 0 Å². The predicted molar refractivity (Wildman–Crippen MR) is 148 cm³/mol. The Balaban J connectivity index is 0.00000337. The van der Waals surface area contributed by atoms with Gasteiger partial charge in [-0.25, -0.2) is 25.3 Å². The second-order valence-corrected chi connectivity index (χ2v) is 17.4. The molecule has 0 spiro atoms. The van der Waals surface area contributed by atoms with Gasteiger partial charge >= 0.3 is 88.7 Å². The monoisotopic (exact) mass is 726 g/mol. The van der Waals surface area contributed by atoms with Crippen molar-refractivity contribution in [1.29, 1.82) is 0 Å². The molecule has 0 aromatic heterocycles. The van der Waals surface area contributed by atoms with Gasteiger partial charge in [0.15, 0.2) is 0 Å². The van der Waals surface area contributed by atoms with Gasteiger partial charge in [0.2, 0.25) is 31.2 Å². The molecule has 0 saturated heterocycles. The summed E-state index contributed by atoms with van der Waals surface area (Å²) in [5.41, 5.74) is -0.893. The molecule has 18 heteroatoms. The first-order valence-electron chi connectivity index (χ1n) is 15.1. The fraction of sp³-hybridized carbons (Fsp3) is 1.00. The van der Waals surface area contributed by atoms with Crippen molar-refractivity contribution in [3.8, 4) is 0 Å². The Hall–Kier alpha value is 2.61. The summed E-state index contributed by atoms with van der Waals surface area (Å²) in [6.07, 6.45) is 2.45. The smallest absolute Gasteiger partial charge is 0.726 e. The summed E-state index contributed by atoms with van der Waals surface area (Å²) >= 11 is 0. The third-order valence-corrected chi connectivity index (χ3v) is 13.0. The van der Waals surface area contributed by atoms with Gasteiger partial charge in [-0.2, -0.15) is 0 Å². The largest absolute Gasteiger partial charge is 1.00 e. The number of hydrogen-bond donors (Lipinski definition) is 0. The van der Waals surface area contributed by atoms with Gasteiger partial charge in [0.1, 0.15) is 12.2 Å². The molecule has 0 aliphatic heterocycles. The van der Waals surface area contributed by atoms with Crippen molar-refractivity contribution in [3.63, 3.8) is 0 Å². The molecule has 0 N–H and O–H groups in total. The fourth-order valence-electron chi connectivity index (χ4n) is 10.0. The molecule has 11 atom stereocenters. The first-order chi connectivity index (χ1) is 19.1. The third-order valence-electron chi connectivity index (χ3n) is 11.6. The Morgan fingerprint density at radius 3 is 1.71 bits per heavy atom. The molecule has 0 radical (unpaired) electrons. The second-order valence-electron chi connectivity index (χ2n) is 14.3. The maximum atomic E-state index is 11.9. The van der Waals surface area contributed by atoms with Crippen LogP contribution in [0.5, 0.6) is 0 Å². The van der Waals surface area contributed by atoms with E-state index < -0.39 is 60.8 Å². The van der Waals surface area contributed by atoms with Gasteiger partial charge in [-0.15, -0.1) is 0 Å². The standard InChI is InChI=1S/C27H48O12S3.3Na/c1-16(2)7-6-8-17(3)19-9-10-20-18-13-23(37-40(28,29)30)22-14-24(38-41(31,32)33)25(39-42(34,35)36)15-27(22,5)21(18)11-12-26(19,20)4;;;/h16-25H,6-15H2,1-5H3,(H,28,29,30)(H,31,32,33)(H,34,35,36);;;/q;3*+1/p-3/t17-,18?,19-,20?,21?,22-,23+,24+,25+,26-,27-;;;/m1.../s1. The Kier molecular flexibility index (Phi) is 17.2. The van der Waals surface area contributed by atoms with Crippen LogP contribution in [-0.4, -0.2) is 57.2 Å². The van der Waals surface area contributed by atoms with Gasteiger partial charge < -0.3 is 13.7 Å². The fourth-order valence-corrected chi connectivity index (χ4v) is 11.6. The van der Waals surface area contributed by atoms with Crippen LogP contribution in [-0.2, 0) is 43.7 Å². The molecule has 45 heavy (non-hydrogen) atoms. The first-order valence-corrected chi connectivity index (χ1v) is 19.1. The maximum Gasteiger partial charge on any atom is 1.00 e. The summed E-state index contributed by atoms with van der Waals surface area (Å²) < 4.78 is 119. The van der Waals surface area contributed by atoms with Crippen molar-refractivity contribution in [2.75, 3.05) is 0 Å². The van der Waals surface area contributed by atoms with Crippen molar-refractivity contribution in [1.82, 2.24) is 0 Å². The molecule has 4 aliphatic rings. The molecule has 4 fully saturated rings. The van der Waals surface area contributed by atoms with Crippen molar-refractivity contribution >= 4 is 31.2 Å². The Morgan fingerprint density at radius 2 is 1.18 bits per heavy atom. The average molecular weight is 727 g/mol.